The van der Waals surface area contributed by atoms with Gasteiger partial charge in [0.2, 0.25) is 35.4 Å². The number of carbonyl (C=O) groups excluding carboxylic acids is 9. The van der Waals surface area contributed by atoms with Crippen LogP contribution < -0.4 is 16.1 Å². The molecule has 1 aromatic carbocycles. The third-order valence-electron chi connectivity index (χ3n) is 15.8. The zero-order chi connectivity index (χ0) is 58.5. The average Bonchev–Trinajstić information content (AvgIpc) is 4.06. The third kappa shape index (κ3) is 18.9. The highest BCUT2D eigenvalue weighted by Crippen LogP contribution is 2.30. The number of hydrogen-bond donors (Lipinski definition) is 3. The summed E-state index contributed by atoms with van der Waals surface area (Å²) in [6.45, 7) is 15.3. The first kappa shape index (κ1) is 65.7. The lowest BCUT2D eigenvalue weighted by molar-refractivity contribution is -0.199. The third-order valence-corrected chi connectivity index (χ3v) is 15.8. The molecule has 0 aliphatic carbocycles. The quantitative estimate of drug-likeness (QED) is 0.0542. The summed E-state index contributed by atoms with van der Waals surface area (Å²) in [5.74, 6) is -4.23. The maximum atomic E-state index is 14.7. The number of imide groups is 1. The van der Waals surface area contributed by atoms with Crippen LogP contribution in [0.3, 0.4) is 0 Å². The maximum absolute atomic E-state index is 14.7. The molecular formula is C58H93N9O12. The number of nitrogens with one attached hydrogen (secondary N) is 3. The molecule has 79 heavy (non-hydrogen) atoms. The van der Waals surface area contributed by atoms with Gasteiger partial charge in [-0.25, -0.2) is 5.06 Å². The van der Waals surface area contributed by atoms with E-state index in [1.807, 2.05) is 76.8 Å². The highest BCUT2D eigenvalue weighted by atomic mass is 16.7. The molecule has 4 rings (SSSR count). The van der Waals surface area contributed by atoms with Gasteiger partial charge in [0.05, 0.1) is 49.3 Å². The van der Waals surface area contributed by atoms with Gasteiger partial charge in [-0.2, -0.15) is 0 Å². The van der Waals surface area contributed by atoms with Gasteiger partial charge in [0.15, 0.2) is 0 Å². The number of hydrazine groups is 1. The second kappa shape index (κ2) is 32.5. The van der Waals surface area contributed by atoms with Gasteiger partial charge in [0, 0.05) is 79.4 Å². The number of methoxy groups -OCH3 is 2. The number of likely N-dealkylation sites (tertiary alicyclic amines) is 1. The largest absolute Gasteiger partial charge is 0.379 e. The molecule has 21 heteroatoms. The van der Waals surface area contributed by atoms with E-state index in [0.717, 1.165) is 18.4 Å². The summed E-state index contributed by atoms with van der Waals surface area (Å²) in [5, 5.41) is 8.59. The van der Waals surface area contributed by atoms with Crippen molar-refractivity contribution in [2.75, 3.05) is 68.1 Å². The fourth-order valence-electron chi connectivity index (χ4n) is 11.1. The van der Waals surface area contributed by atoms with Crippen LogP contribution in [0.25, 0.3) is 0 Å². The van der Waals surface area contributed by atoms with Gasteiger partial charge in [-0.05, 0) is 81.9 Å². The normalized spacial score (nSPS) is 18.7. The molecule has 9 amide bonds. The first-order valence-corrected chi connectivity index (χ1v) is 28.6. The second-order valence-electron chi connectivity index (χ2n) is 22.3. The minimum absolute atomic E-state index is 0.0587. The molecule has 9 atom stereocenters. The molecule has 2 fully saturated rings. The van der Waals surface area contributed by atoms with E-state index < -0.39 is 48.3 Å². The van der Waals surface area contributed by atoms with Gasteiger partial charge in [-0.3, -0.25) is 68.2 Å². The summed E-state index contributed by atoms with van der Waals surface area (Å²) in [4.78, 5) is 133. The highest BCUT2D eigenvalue weighted by molar-refractivity contribution is 6.12. The Morgan fingerprint density at radius 1 is 0.785 bits per heavy atom. The molecule has 0 aromatic heterocycles. The van der Waals surface area contributed by atoms with E-state index in [2.05, 4.69) is 16.1 Å². The highest BCUT2D eigenvalue weighted by Gasteiger charge is 2.44. The summed E-state index contributed by atoms with van der Waals surface area (Å²) in [6, 6.07) is 6.02. The molecule has 0 spiro atoms. The molecule has 0 bridgehead atoms. The van der Waals surface area contributed by atoms with E-state index in [1.54, 1.807) is 30.8 Å². The Hall–Kier alpha value is -5.77. The first-order valence-electron chi connectivity index (χ1n) is 28.6. The summed E-state index contributed by atoms with van der Waals surface area (Å²) >= 11 is 0. The lowest BCUT2D eigenvalue weighted by atomic mass is 9.89. The fraction of sp³-hybridized carbons (Fsp3) is 0.707. The van der Waals surface area contributed by atoms with E-state index in [1.165, 1.54) is 48.4 Å². The van der Waals surface area contributed by atoms with E-state index >= 15 is 0 Å². The molecule has 3 N–H and O–H groups in total. The standard InChI is InChI=1S/C58H93N9O12/c1-13-40(6)53(45(77-11)37-50(72)65-33-22-26-44(65)54(78-12)41(7)55(73)59-43(36-42-24-16-14-17-25-42)57(75)67-34-20-21-35-79-67)63(9)58(76)51(38(2)3)60-56(74)52(39(4)5)62(8)31-23-28-47(69)64(10)61-46(68)27-18-15-19-32-66-48(70)29-30-49(66)71/h14,16-17,24-25,29-30,38-41,43-45,51-54H,13,15,18-23,26-28,31-37H2,1-12H3,(H,59,73)(H,60,74)(H,61,68). The van der Waals surface area contributed by atoms with Crippen LogP contribution in [0, 0.1) is 23.7 Å². The summed E-state index contributed by atoms with van der Waals surface area (Å²) in [6.07, 6.45) is 7.23. The van der Waals surface area contributed by atoms with Gasteiger partial charge in [-0.1, -0.05) is 91.6 Å². The van der Waals surface area contributed by atoms with Crippen molar-refractivity contribution in [3.63, 3.8) is 0 Å². The molecule has 3 heterocycles. The van der Waals surface area contributed by atoms with E-state index in [4.69, 9.17) is 14.3 Å². The smallest absolute Gasteiger partial charge is 0.269 e. The maximum Gasteiger partial charge on any atom is 0.269 e. The summed E-state index contributed by atoms with van der Waals surface area (Å²) < 4.78 is 12.2. The van der Waals surface area contributed by atoms with Crippen molar-refractivity contribution in [2.45, 2.75) is 174 Å². The van der Waals surface area contributed by atoms with Crippen LogP contribution in [0.4, 0.5) is 0 Å². The van der Waals surface area contributed by atoms with E-state index in [-0.39, 0.29) is 103 Å². The lowest BCUT2D eigenvalue weighted by Gasteiger charge is -2.41. The molecule has 0 radical (unpaired) electrons. The molecule has 9 unspecified atom stereocenters. The number of rotatable bonds is 31. The Labute approximate surface area is 469 Å². The zero-order valence-corrected chi connectivity index (χ0v) is 49.2. The number of ether oxygens (including phenoxy) is 2. The van der Waals surface area contributed by atoms with Crippen molar-refractivity contribution in [1.29, 1.82) is 0 Å². The van der Waals surface area contributed by atoms with Crippen LogP contribution in [0.1, 0.15) is 131 Å². The summed E-state index contributed by atoms with van der Waals surface area (Å²) in [7, 11) is 8.03. The Balaban J connectivity index is 1.36. The first-order chi connectivity index (χ1) is 37.6. The van der Waals surface area contributed by atoms with Crippen LogP contribution in [0.2, 0.25) is 0 Å². The number of hydrogen-bond acceptors (Lipinski definition) is 13. The van der Waals surface area contributed by atoms with Crippen molar-refractivity contribution in [1.82, 2.24) is 45.7 Å². The number of likely N-dealkylation sites (N-methyl/N-ethyl adjacent to an activating group) is 2. The second-order valence-corrected chi connectivity index (χ2v) is 22.3. The van der Waals surface area contributed by atoms with Crippen molar-refractivity contribution in [3.05, 3.63) is 48.0 Å². The SMILES string of the molecule is CCC(C)C(C(CC(=O)N1CCCC1C(OC)C(C)C(=O)NC(Cc1ccccc1)C(=O)N1CCCCO1)OC)N(C)C(=O)C(NC(=O)C(C(C)C)N(C)CCCC(=O)N(C)NC(=O)CCCCCN1C(=O)C=CC1=O)C(C)C. The van der Waals surface area contributed by atoms with Gasteiger partial charge in [-0.15, -0.1) is 0 Å². The van der Waals surface area contributed by atoms with Gasteiger partial charge < -0.3 is 29.9 Å². The Morgan fingerprint density at radius 3 is 2.06 bits per heavy atom. The van der Waals surface area contributed by atoms with Crippen molar-refractivity contribution in [2.24, 2.45) is 23.7 Å². The number of unbranched alkanes of at least 4 members (excludes halogenated alkanes) is 2. The van der Waals surface area contributed by atoms with Gasteiger partial charge in [0.25, 0.3) is 17.7 Å². The fourth-order valence-corrected chi connectivity index (χ4v) is 11.1. The van der Waals surface area contributed by atoms with E-state index in [9.17, 15) is 43.2 Å². The Bertz CT molecular complexity index is 2210. The number of carbonyl (C=O) groups is 9. The minimum atomic E-state index is -0.922. The van der Waals surface area contributed by atoms with Gasteiger partial charge >= 0.3 is 0 Å². The van der Waals surface area contributed by atoms with Crippen LogP contribution in [-0.2, 0) is 63.9 Å². The molecule has 3 aliphatic heterocycles. The Kier molecular flexibility index (Phi) is 27.0. The minimum Gasteiger partial charge on any atom is -0.379 e. The number of nitrogens with zero attached hydrogens (tertiary/aromatic N) is 6. The average molecular weight is 1110 g/mol. The summed E-state index contributed by atoms with van der Waals surface area (Å²) in [5.41, 5.74) is 3.49. The lowest BCUT2D eigenvalue weighted by Crippen LogP contribution is -2.60. The predicted octanol–water partition coefficient (Wildman–Crippen LogP) is 4.04. The molecule has 1 aromatic rings. The Morgan fingerprint density at radius 2 is 1.47 bits per heavy atom. The molecule has 0 saturated carbocycles. The van der Waals surface area contributed by atoms with Crippen LogP contribution in [0.5, 0.6) is 0 Å². The van der Waals surface area contributed by atoms with Crippen molar-refractivity contribution >= 4 is 53.2 Å². The van der Waals surface area contributed by atoms with Crippen molar-refractivity contribution in [3.8, 4) is 0 Å². The number of benzene rings is 1. The number of hydroxylamine groups is 2. The van der Waals surface area contributed by atoms with Crippen molar-refractivity contribution < 1.29 is 57.5 Å². The molecule has 2 saturated heterocycles. The van der Waals surface area contributed by atoms with Crippen LogP contribution >= 0.6 is 0 Å². The van der Waals surface area contributed by atoms with E-state index in [0.29, 0.717) is 71.2 Å². The molecule has 3 aliphatic rings. The number of amides is 9. The van der Waals surface area contributed by atoms with Gasteiger partial charge in [0.1, 0.15) is 12.1 Å². The predicted molar refractivity (Wildman–Crippen MR) is 298 cm³/mol. The topological polar surface area (TPSA) is 237 Å². The monoisotopic (exact) mass is 1110 g/mol. The van der Waals surface area contributed by atoms with Crippen LogP contribution in [-0.4, -0.2) is 193 Å². The zero-order valence-electron chi connectivity index (χ0n) is 49.2. The molecule has 442 valence electrons. The molecule has 21 nitrogen and oxygen atoms in total. The molecular weight excluding hydrogens is 1010 g/mol. The van der Waals surface area contributed by atoms with Crippen LogP contribution in [0.15, 0.2) is 42.5 Å².